The van der Waals surface area contributed by atoms with E-state index in [2.05, 4.69) is 26.6 Å². The molecule has 2 N–H and O–H groups in total. The number of amides is 1. The van der Waals surface area contributed by atoms with Gasteiger partial charge in [0.05, 0.1) is 0 Å². The Bertz CT molecular complexity index is 1030. The van der Waals surface area contributed by atoms with Gasteiger partial charge in [-0.15, -0.1) is 10.2 Å². The number of allylic oxidation sites excluding steroid dienone is 1. The maximum absolute atomic E-state index is 12.4. The fourth-order valence-electron chi connectivity index (χ4n) is 2.87. The van der Waals surface area contributed by atoms with E-state index in [0.29, 0.717) is 17.5 Å². The van der Waals surface area contributed by atoms with E-state index in [1.54, 1.807) is 0 Å². The summed E-state index contributed by atoms with van der Waals surface area (Å²) >= 11 is 1.46. The van der Waals surface area contributed by atoms with Crippen molar-refractivity contribution in [2.45, 2.75) is 57.9 Å². The van der Waals surface area contributed by atoms with Crippen molar-refractivity contribution in [3.63, 3.8) is 0 Å². The molecule has 160 valence electrons. The Hall–Kier alpha value is -2.74. The lowest BCUT2D eigenvalue weighted by Gasteiger charge is -2.22. The van der Waals surface area contributed by atoms with Gasteiger partial charge in [0.2, 0.25) is 5.89 Å². The Balaban J connectivity index is 1.81. The maximum Gasteiger partial charge on any atom is 0.408 e. The van der Waals surface area contributed by atoms with Gasteiger partial charge >= 0.3 is 6.09 Å². The number of benzene rings is 1. The first-order chi connectivity index (χ1) is 14.2. The average Bonchev–Trinajstić information content (AvgIpc) is 3.27. The maximum atomic E-state index is 12.4. The number of hydrogen-bond donors (Lipinski definition) is 2. The molecular weight excluding hydrogens is 400 g/mol. The highest BCUT2D eigenvalue weighted by Crippen LogP contribution is 2.26. The minimum Gasteiger partial charge on any atom is -0.444 e. The molecule has 0 spiro atoms. The molecule has 0 saturated heterocycles. The van der Waals surface area contributed by atoms with Crippen LogP contribution in [0.25, 0.3) is 10.9 Å². The van der Waals surface area contributed by atoms with E-state index < -0.39 is 17.7 Å². The summed E-state index contributed by atoms with van der Waals surface area (Å²) in [6, 6.07) is 7.51. The lowest BCUT2D eigenvalue weighted by Crippen LogP contribution is -2.36. The molecule has 0 aliphatic carbocycles. The SMILES string of the molecule is CC(C)=CCSc1nnc(C(Cc2c[nH]c3ccccc23)NC(=O)OC(C)(C)C)o1. The van der Waals surface area contributed by atoms with Crippen molar-refractivity contribution in [2.75, 3.05) is 5.75 Å². The molecule has 7 nitrogen and oxygen atoms in total. The fraction of sp³-hybridized carbons (Fsp3) is 0.409. The zero-order chi connectivity index (χ0) is 21.7. The van der Waals surface area contributed by atoms with E-state index in [-0.39, 0.29) is 0 Å². The van der Waals surface area contributed by atoms with Crippen LogP contribution in [0.2, 0.25) is 0 Å². The minimum absolute atomic E-state index is 0.353. The van der Waals surface area contributed by atoms with Gasteiger partial charge in [0.15, 0.2) is 0 Å². The summed E-state index contributed by atoms with van der Waals surface area (Å²) in [5, 5.41) is 12.8. The molecule has 8 heteroatoms. The molecule has 1 aromatic carbocycles. The molecule has 0 aliphatic rings. The minimum atomic E-state index is -0.602. The van der Waals surface area contributed by atoms with Gasteiger partial charge in [0.25, 0.3) is 5.22 Å². The lowest BCUT2D eigenvalue weighted by atomic mass is 10.1. The van der Waals surface area contributed by atoms with E-state index >= 15 is 0 Å². The molecule has 1 unspecified atom stereocenters. The van der Waals surface area contributed by atoms with Gasteiger partial charge in [-0.25, -0.2) is 4.79 Å². The van der Waals surface area contributed by atoms with Crippen molar-refractivity contribution in [2.24, 2.45) is 0 Å². The third-order valence-corrected chi connectivity index (χ3v) is 4.95. The molecule has 0 fully saturated rings. The third-order valence-electron chi connectivity index (χ3n) is 4.21. The number of para-hydroxylation sites is 1. The second-order valence-electron chi connectivity index (χ2n) is 8.26. The summed E-state index contributed by atoms with van der Waals surface area (Å²) in [5.41, 5.74) is 2.71. The van der Waals surface area contributed by atoms with Gasteiger partial charge < -0.3 is 19.5 Å². The van der Waals surface area contributed by atoms with E-state index in [1.807, 2.05) is 65.1 Å². The number of fused-ring (bicyclic) bond motifs is 1. The van der Waals surface area contributed by atoms with Gasteiger partial charge in [-0.3, -0.25) is 0 Å². The van der Waals surface area contributed by atoms with Crippen LogP contribution in [0.5, 0.6) is 0 Å². The first-order valence-corrected chi connectivity index (χ1v) is 10.8. The standard InChI is InChI=1S/C22H28N4O3S/c1-14(2)10-11-30-21-26-25-19(28-21)18(24-20(27)29-22(3,4)5)12-15-13-23-17-9-7-6-8-16(15)17/h6-10,13,18,23H,11-12H2,1-5H3,(H,24,27). The smallest absolute Gasteiger partial charge is 0.408 e. The zero-order valence-electron chi connectivity index (χ0n) is 18.0. The molecule has 3 rings (SSSR count). The van der Waals surface area contributed by atoms with E-state index in [0.717, 1.165) is 22.2 Å². The largest absolute Gasteiger partial charge is 0.444 e. The van der Waals surface area contributed by atoms with Crippen LogP contribution in [0.15, 0.2) is 51.8 Å². The van der Waals surface area contributed by atoms with Crippen molar-refractivity contribution in [3.8, 4) is 0 Å². The monoisotopic (exact) mass is 428 g/mol. The molecule has 3 aromatic rings. The summed E-state index contributed by atoms with van der Waals surface area (Å²) in [5.74, 6) is 1.10. The van der Waals surface area contributed by atoms with E-state index in [1.165, 1.54) is 17.3 Å². The Morgan fingerprint density at radius 2 is 2.07 bits per heavy atom. The Morgan fingerprint density at radius 3 is 2.80 bits per heavy atom. The highest BCUT2D eigenvalue weighted by Gasteiger charge is 2.26. The van der Waals surface area contributed by atoms with Crippen molar-refractivity contribution in [3.05, 3.63) is 53.6 Å². The van der Waals surface area contributed by atoms with Crippen LogP contribution in [0.3, 0.4) is 0 Å². The summed E-state index contributed by atoms with van der Waals surface area (Å²) < 4.78 is 11.3. The van der Waals surface area contributed by atoms with Gasteiger partial charge in [0.1, 0.15) is 11.6 Å². The quantitative estimate of drug-likeness (QED) is 0.386. The molecule has 0 aliphatic heterocycles. The fourth-order valence-corrected chi connectivity index (χ4v) is 3.67. The van der Waals surface area contributed by atoms with E-state index in [4.69, 9.17) is 9.15 Å². The number of alkyl carbamates (subject to hydrolysis) is 1. The van der Waals surface area contributed by atoms with Gasteiger partial charge in [-0.2, -0.15) is 0 Å². The zero-order valence-corrected chi connectivity index (χ0v) is 18.8. The van der Waals surface area contributed by atoms with Crippen LogP contribution in [0.4, 0.5) is 4.79 Å². The number of rotatable bonds is 7. The highest BCUT2D eigenvalue weighted by molar-refractivity contribution is 7.99. The molecule has 0 radical (unpaired) electrons. The molecule has 1 amide bonds. The number of hydrogen-bond acceptors (Lipinski definition) is 6. The number of carbonyl (C=O) groups excluding carboxylic acids is 1. The second kappa shape index (κ2) is 9.38. The first-order valence-electron chi connectivity index (χ1n) is 9.85. The number of nitrogens with one attached hydrogen (secondary N) is 2. The Labute approximate surface area is 180 Å². The van der Waals surface area contributed by atoms with Crippen molar-refractivity contribution in [1.82, 2.24) is 20.5 Å². The molecule has 2 aromatic heterocycles. The predicted molar refractivity (Wildman–Crippen MR) is 119 cm³/mol. The van der Waals surface area contributed by atoms with Gasteiger partial charge in [0, 0.05) is 29.3 Å². The van der Waals surface area contributed by atoms with Crippen LogP contribution in [-0.2, 0) is 11.2 Å². The molecule has 0 bridgehead atoms. The number of aromatic amines is 1. The summed E-state index contributed by atoms with van der Waals surface area (Å²) in [6.07, 6.45) is 4.00. The number of aromatic nitrogens is 3. The van der Waals surface area contributed by atoms with Gasteiger partial charge in [-0.05, 0) is 46.2 Å². The predicted octanol–water partition coefficient (Wildman–Crippen LogP) is 5.42. The highest BCUT2D eigenvalue weighted by atomic mass is 32.2. The van der Waals surface area contributed by atoms with Crippen molar-refractivity contribution >= 4 is 28.8 Å². The van der Waals surface area contributed by atoms with Crippen LogP contribution >= 0.6 is 11.8 Å². The molecule has 0 saturated carbocycles. The molecule has 30 heavy (non-hydrogen) atoms. The van der Waals surface area contributed by atoms with Crippen LogP contribution in [0, 0.1) is 0 Å². The molecule has 1 atom stereocenters. The van der Waals surface area contributed by atoms with Gasteiger partial charge in [-0.1, -0.05) is 41.6 Å². The van der Waals surface area contributed by atoms with Crippen LogP contribution in [-0.4, -0.2) is 32.6 Å². The summed E-state index contributed by atoms with van der Waals surface area (Å²) in [7, 11) is 0. The van der Waals surface area contributed by atoms with Crippen LogP contribution in [0.1, 0.15) is 52.1 Å². The summed E-state index contributed by atoms with van der Waals surface area (Å²) in [4.78, 5) is 15.7. The Morgan fingerprint density at radius 1 is 1.30 bits per heavy atom. The number of H-pyrrole nitrogens is 1. The van der Waals surface area contributed by atoms with Crippen molar-refractivity contribution < 1.29 is 13.9 Å². The number of carbonyl (C=O) groups is 1. The molecule has 2 heterocycles. The molecular formula is C22H28N4O3S. The van der Waals surface area contributed by atoms with Crippen LogP contribution < -0.4 is 5.32 Å². The third kappa shape index (κ3) is 6.13. The first kappa shape index (κ1) is 22.0. The lowest BCUT2D eigenvalue weighted by molar-refractivity contribution is 0.0494. The summed E-state index contributed by atoms with van der Waals surface area (Å²) in [6.45, 7) is 9.56. The topological polar surface area (TPSA) is 93.0 Å². The number of nitrogens with zero attached hydrogens (tertiary/aromatic N) is 2. The van der Waals surface area contributed by atoms with Crippen molar-refractivity contribution in [1.29, 1.82) is 0 Å². The Kier molecular flexibility index (Phi) is 6.87. The second-order valence-corrected chi connectivity index (χ2v) is 9.23. The average molecular weight is 429 g/mol. The number of ether oxygens (including phenoxy) is 1. The van der Waals surface area contributed by atoms with E-state index in [9.17, 15) is 4.79 Å². The number of thioether (sulfide) groups is 1. The normalized spacial score (nSPS) is 12.6.